The number of allylic oxidation sites excluding steroid dienone is 1. The summed E-state index contributed by atoms with van der Waals surface area (Å²) >= 11 is 7.71. The SMILES string of the molecule is CCCSc1nc2n(n1)C(c1ccc(OCc3cccc(Cl)c3)cc1)C(C(=O)Nc1ccccc1C)=C(C)N2. The number of benzene rings is 3. The Kier molecular flexibility index (Phi) is 8.24. The molecule has 2 heterocycles. The van der Waals surface area contributed by atoms with Gasteiger partial charge >= 0.3 is 0 Å². The van der Waals surface area contributed by atoms with Crippen molar-refractivity contribution in [2.45, 2.75) is 45.0 Å². The molecule has 0 radical (unpaired) electrons. The van der Waals surface area contributed by atoms with E-state index in [1.54, 1.807) is 16.4 Å². The van der Waals surface area contributed by atoms with Crippen LogP contribution in [0.2, 0.25) is 5.02 Å². The number of fused-ring (bicyclic) bond motifs is 1. The third-order valence-electron chi connectivity index (χ3n) is 6.40. The molecule has 1 unspecified atom stereocenters. The van der Waals surface area contributed by atoms with Crippen molar-refractivity contribution < 1.29 is 9.53 Å². The van der Waals surface area contributed by atoms with E-state index in [9.17, 15) is 4.79 Å². The molecule has 1 aromatic heterocycles. The molecule has 1 aliphatic rings. The van der Waals surface area contributed by atoms with Crippen molar-refractivity contribution in [3.05, 3.63) is 106 Å². The normalized spacial score (nSPS) is 14.5. The lowest BCUT2D eigenvalue weighted by Gasteiger charge is -2.29. The van der Waals surface area contributed by atoms with Gasteiger partial charge in [0.15, 0.2) is 0 Å². The van der Waals surface area contributed by atoms with Gasteiger partial charge < -0.3 is 15.4 Å². The summed E-state index contributed by atoms with van der Waals surface area (Å²) in [4.78, 5) is 18.4. The molecule has 0 aliphatic carbocycles. The number of rotatable bonds is 9. The van der Waals surface area contributed by atoms with Gasteiger partial charge in [-0.2, -0.15) is 4.98 Å². The van der Waals surface area contributed by atoms with Crippen molar-refractivity contribution >= 4 is 40.9 Å². The molecule has 1 atom stereocenters. The van der Waals surface area contributed by atoms with Gasteiger partial charge in [-0.1, -0.05) is 72.8 Å². The number of aromatic nitrogens is 3. The maximum absolute atomic E-state index is 13.7. The largest absolute Gasteiger partial charge is 0.489 e. The quantitative estimate of drug-likeness (QED) is 0.210. The fourth-order valence-corrected chi connectivity index (χ4v) is 5.33. The highest BCUT2D eigenvalue weighted by Crippen LogP contribution is 2.37. The first-order chi connectivity index (χ1) is 18.9. The summed E-state index contributed by atoms with van der Waals surface area (Å²) in [6.07, 6.45) is 1.02. The van der Waals surface area contributed by atoms with E-state index in [0.29, 0.717) is 28.3 Å². The smallest absolute Gasteiger partial charge is 0.255 e. The Morgan fingerprint density at radius 1 is 1.10 bits per heavy atom. The minimum absolute atomic E-state index is 0.190. The number of thioether (sulfide) groups is 1. The van der Waals surface area contributed by atoms with Crippen LogP contribution in [0.3, 0.4) is 0 Å². The highest BCUT2D eigenvalue weighted by Gasteiger charge is 2.34. The first-order valence-electron chi connectivity index (χ1n) is 12.8. The zero-order valence-electron chi connectivity index (χ0n) is 22.1. The molecule has 0 saturated heterocycles. The Hall–Kier alpha value is -3.75. The van der Waals surface area contributed by atoms with Crippen molar-refractivity contribution in [2.75, 3.05) is 16.4 Å². The van der Waals surface area contributed by atoms with E-state index in [1.165, 1.54) is 0 Å². The lowest BCUT2D eigenvalue weighted by molar-refractivity contribution is -0.113. The Labute approximate surface area is 237 Å². The van der Waals surface area contributed by atoms with Crippen molar-refractivity contribution in [2.24, 2.45) is 0 Å². The number of anilines is 2. The maximum Gasteiger partial charge on any atom is 0.255 e. The minimum atomic E-state index is -0.462. The number of hydrogen-bond donors (Lipinski definition) is 2. The second-order valence-corrected chi connectivity index (χ2v) is 10.8. The van der Waals surface area contributed by atoms with Gasteiger partial charge in [0.2, 0.25) is 11.1 Å². The summed E-state index contributed by atoms with van der Waals surface area (Å²) in [5.41, 5.74) is 4.97. The van der Waals surface area contributed by atoms with E-state index in [2.05, 4.69) is 17.6 Å². The summed E-state index contributed by atoms with van der Waals surface area (Å²) in [5.74, 6) is 2.06. The molecule has 200 valence electrons. The molecule has 0 fully saturated rings. The summed E-state index contributed by atoms with van der Waals surface area (Å²) < 4.78 is 7.80. The van der Waals surface area contributed by atoms with Crippen molar-refractivity contribution in [3.8, 4) is 5.75 Å². The molecule has 1 aliphatic heterocycles. The third-order valence-corrected chi connectivity index (χ3v) is 7.68. The van der Waals surface area contributed by atoms with E-state index >= 15 is 0 Å². The van der Waals surface area contributed by atoms with Crippen LogP contribution in [0.5, 0.6) is 5.75 Å². The second-order valence-electron chi connectivity index (χ2n) is 9.33. The summed E-state index contributed by atoms with van der Waals surface area (Å²) in [5, 5.41) is 12.5. The predicted molar refractivity (Wildman–Crippen MR) is 158 cm³/mol. The van der Waals surface area contributed by atoms with Crippen molar-refractivity contribution in [1.82, 2.24) is 14.8 Å². The van der Waals surface area contributed by atoms with Crippen LogP contribution in [0.25, 0.3) is 0 Å². The predicted octanol–water partition coefficient (Wildman–Crippen LogP) is 7.25. The molecule has 7 nitrogen and oxygen atoms in total. The van der Waals surface area contributed by atoms with Crippen molar-refractivity contribution in [3.63, 3.8) is 0 Å². The molecule has 9 heteroatoms. The van der Waals surface area contributed by atoms with Gasteiger partial charge in [-0.25, -0.2) is 4.68 Å². The number of ether oxygens (including phenoxy) is 1. The van der Waals surface area contributed by atoms with Crippen LogP contribution in [0.15, 0.2) is 89.2 Å². The zero-order chi connectivity index (χ0) is 27.4. The molecular formula is C30H30ClN5O2S. The van der Waals surface area contributed by atoms with Crippen LogP contribution in [0.4, 0.5) is 11.6 Å². The summed E-state index contributed by atoms with van der Waals surface area (Å²) in [6.45, 7) is 6.41. The van der Waals surface area contributed by atoms with Crippen LogP contribution < -0.4 is 15.4 Å². The van der Waals surface area contributed by atoms with Gasteiger partial charge in [0.25, 0.3) is 5.91 Å². The second kappa shape index (κ2) is 12.0. The first kappa shape index (κ1) is 26.8. The highest BCUT2D eigenvalue weighted by molar-refractivity contribution is 7.99. The van der Waals surface area contributed by atoms with Crippen LogP contribution >= 0.6 is 23.4 Å². The van der Waals surface area contributed by atoms with Gasteiger partial charge in [-0.3, -0.25) is 4.79 Å². The Balaban J connectivity index is 1.46. The molecule has 3 aromatic carbocycles. The number of nitrogens with one attached hydrogen (secondary N) is 2. The van der Waals surface area contributed by atoms with Gasteiger partial charge in [0.05, 0.1) is 5.57 Å². The van der Waals surface area contributed by atoms with E-state index in [1.807, 2.05) is 86.6 Å². The molecule has 0 saturated carbocycles. The molecule has 39 heavy (non-hydrogen) atoms. The highest BCUT2D eigenvalue weighted by atomic mass is 35.5. The fourth-order valence-electron chi connectivity index (χ4n) is 4.43. The van der Waals surface area contributed by atoms with Crippen LogP contribution in [-0.4, -0.2) is 26.4 Å². The average Bonchev–Trinajstić information content (AvgIpc) is 3.34. The molecule has 5 rings (SSSR count). The first-order valence-corrected chi connectivity index (χ1v) is 14.2. The fraction of sp³-hybridized carbons (Fsp3) is 0.233. The van der Waals surface area contributed by atoms with E-state index in [-0.39, 0.29) is 5.91 Å². The lowest BCUT2D eigenvalue weighted by atomic mass is 9.95. The van der Waals surface area contributed by atoms with E-state index < -0.39 is 6.04 Å². The van der Waals surface area contributed by atoms with E-state index in [0.717, 1.165) is 46.0 Å². The number of para-hydroxylation sites is 1. The van der Waals surface area contributed by atoms with Crippen molar-refractivity contribution in [1.29, 1.82) is 0 Å². The van der Waals surface area contributed by atoms with Gasteiger partial charge in [0, 0.05) is 22.2 Å². The van der Waals surface area contributed by atoms with Crippen LogP contribution in [0, 0.1) is 6.92 Å². The van der Waals surface area contributed by atoms with Gasteiger partial charge in [0.1, 0.15) is 18.4 Å². The topological polar surface area (TPSA) is 81.1 Å². The number of carbonyl (C=O) groups is 1. The zero-order valence-corrected chi connectivity index (χ0v) is 23.6. The molecule has 0 spiro atoms. The molecule has 0 bridgehead atoms. The maximum atomic E-state index is 13.7. The number of carbonyl (C=O) groups excluding carboxylic acids is 1. The van der Waals surface area contributed by atoms with Gasteiger partial charge in [-0.15, -0.1) is 5.10 Å². The molecule has 4 aromatic rings. The lowest BCUT2D eigenvalue weighted by Crippen LogP contribution is -2.31. The summed E-state index contributed by atoms with van der Waals surface area (Å²) in [6, 6.07) is 22.7. The Morgan fingerprint density at radius 2 is 1.90 bits per heavy atom. The summed E-state index contributed by atoms with van der Waals surface area (Å²) in [7, 11) is 0. The number of halogens is 1. The standard InChI is InChI=1S/C30H30ClN5O2S/c1-4-16-39-30-34-29-32-20(3)26(28(37)33-25-11-6-5-8-19(25)2)27(36(29)35-30)22-12-14-24(15-13-22)38-18-21-9-7-10-23(31)17-21/h5-15,17,27H,4,16,18H2,1-3H3,(H,33,37)(H,32,34,35). The number of aryl methyl sites for hydroxylation is 1. The Morgan fingerprint density at radius 3 is 2.64 bits per heavy atom. The minimum Gasteiger partial charge on any atom is -0.489 e. The third kappa shape index (κ3) is 6.13. The number of nitrogens with zero attached hydrogens (tertiary/aromatic N) is 3. The molecular weight excluding hydrogens is 530 g/mol. The molecule has 1 amide bonds. The van der Waals surface area contributed by atoms with Gasteiger partial charge in [-0.05, 0) is 67.3 Å². The average molecular weight is 560 g/mol. The number of hydrogen-bond acceptors (Lipinski definition) is 6. The van der Waals surface area contributed by atoms with Crippen LogP contribution in [-0.2, 0) is 11.4 Å². The molecule has 2 N–H and O–H groups in total. The monoisotopic (exact) mass is 559 g/mol. The number of amides is 1. The van der Waals surface area contributed by atoms with E-state index in [4.69, 9.17) is 26.4 Å². The van der Waals surface area contributed by atoms with Crippen LogP contribution in [0.1, 0.15) is 43.0 Å². The Bertz CT molecular complexity index is 1520.